The molecule has 0 aliphatic heterocycles. The maximum absolute atomic E-state index is 11.7. The lowest BCUT2D eigenvalue weighted by Crippen LogP contribution is -2.30. The highest BCUT2D eigenvalue weighted by molar-refractivity contribution is 5.96. The van der Waals surface area contributed by atoms with Crippen molar-refractivity contribution in [2.45, 2.75) is 26.7 Å². The Hall–Kier alpha value is -1.84. The number of carbonyl (C=O) groups excluding carboxylic acids is 2. The van der Waals surface area contributed by atoms with Crippen LogP contribution in [0.2, 0.25) is 0 Å². The van der Waals surface area contributed by atoms with Gasteiger partial charge in [-0.2, -0.15) is 0 Å². The lowest BCUT2D eigenvalue weighted by atomic mass is 10.1. The number of ether oxygens (including phenoxy) is 1. The zero-order valence-corrected chi connectivity index (χ0v) is 10.9. The molecule has 1 N–H and O–H groups in total. The molecule has 0 heterocycles. The zero-order chi connectivity index (χ0) is 13.4. The Balaban J connectivity index is 2.35. The van der Waals surface area contributed by atoms with E-state index in [2.05, 4.69) is 5.32 Å². The van der Waals surface area contributed by atoms with E-state index in [1.807, 2.05) is 26.0 Å². The second-order valence-electron chi connectivity index (χ2n) is 4.13. The van der Waals surface area contributed by atoms with Crippen molar-refractivity contribution in [3.8, 4) is 0 Å². The van der Waals surface area contributed by atoms with Crippen LogP contribution in [0.1, 0.15) is 35.7 Å². The quantitative estimate of drug-likeness (QED) is 0.620. The van der Waals surface area contributed by atoms with Crippen LogP contribution in [-0.2, 0) is 9.53 Å². The Morgan fingerprint density at radius 3 is 2.78 bits per heavy atom. The van der Waals surface area contributed by atoms with Gasteiger partial charge in [0.15, 0.2) is 0 Å². The van der Waals surface area contributed by atoms with Crippen molar-refractivity contribution in [1.29, 1.82) is 0 Å². The largest absolute Gasteiger partial charge is 0.464 e. The average molecular weight is 249 g/mol. The number of carbonyl (C=O) groups is 2. The van der Waals surface area contributed by atoms with Crippen LogP contribution in [0.15, 0.2) is 24.3 Å². The molecule has 4 heteroatoms. The van der Waals surface area contributed by atoms with Crippen LogP contribution >= 0.6 is 0 Å². The Labute approximate surface area is 107 Å². The van der Waals surface area contributed by atoms with Crippen LogP contribution in [0.3, 0.4) is 0 Å². The van der Waals surface area contributed by atoms with E-state index in [0.29, 0.717) is 12.2 Å². The van der Waals surface area contributed by atoms with Crippen molar-refractivity contribution in [2.75, 3.05) is 13.2 Å². The molecule has 0 bridgehead atoms. The SMILES string of the molecule is CCCCOC(=O)CNC(=O)c1cccc(C)c1. The second-order valence-corrected chi connectivity index (χ2v) is 4.13. The van der Waals surface area contributed by atoms with Crippen LogP contribution in [0.5, 0.6) is 0 Å². The molecule has 0 atom stereocenters. The topological polar surface area (TPSA) is 55.4 Å². The van der Waals surface area contributed by atoms with E-state index < -0.39 is 5.97 Å². The van der Waals surface area contributed by atoms with Gasteiger partial charge in [0.1, 0.15) is 6.54 Å². The first-order chi connectivity index (χ1) is 8.63. The number of esters is 1. The summed E-state index contributed by atoms with van der Waals surface area (Å²) >= 11 is 0. The molecule has 1 rings (SSSR count). The number of amides is 1. The fraction of sp³-hybridized carbons (Fsp3) is 0.429. The molecule has 0 aromatic heterocycles. The summed E-state index contributed by atoms with van der Waals surface area (Å²) in [6.45, 7) is 4.26. The van der Waals surface area contributed by atoms with Gasteiger partial charge in [0.2, 0.25) is 0 Å². The van der Waals surface area contributed by atoms with Crippen molar-refractivity contribution >= 4 is 11.9 Å². The molecule has 1 amide bonds. The predicted octanol–water partition coefficient (Wildman–Crippen LogP) is 2.07. The summed E-state index contributed by atoms with van der Waals surface area (Å²) in [6.07, 6.45) is 1.82. The van der Waals surface area contributed by atoms with Gasteiger partial charge in [-0.05, 0) is 25.5 Å². The lowest BCUT2D eigenvalue weighted by Gasteiger charge is -2.06. The molecule has 0 saturated carbocycles. The van der Waals surface area contributed by atoms with E-state index in [1.54, 1.807) is 12.1 Å². The van der Waals surface area contributed by atoms with Gasteiger partial charge in [0.25, 0.3) is 5.91 Å². The van der Waals surface area contributed by atoms with Crippen LogP contribution < -0.4 is 5.32 Å². The predicted molar refractivity (Wildman–Crippen MR) is 69.4 cm³/mol. The van der Waals surface area contributed by atoms with Crippen molar-refractivity contribution in [3.05, 3.63) is 35.4 Å². The fourth-order valence-electron chi connectivity index (χ4n) is 1.42. The normalized spacial score (nSPS) is 9.89. The van der Waals surface area contributed by atoms with Gasteiger partial charge in [-0.3, -0.25) is 9.59 Å². The summed E-state index contributed by atoms with van der Waals surface area (Å²) in [5.74, 6) is -0.657. The molecular formula is C14H19NO3. The number of aryl methyl sites for hydroxylation is 1. The van der Waals surface area contributed by atoms with Crippen molar-refractivity contribution in [2.24, 2.45) is 0 Å². The Bertz CT molecular complexity index is 415. The fourth-order valence-corrected chi connectivity index (χ4v) is 1.42. The number of nitrogens with one attached hydrogen (secondary N) is 1. The number of benzene rings is 1. The molecule has 0 aliphatic rings. The second kappa shape index (κ2) is 7.48. The van der Waals surface area contributed by atoms with Crippen molar-refractivity contribution in [1.82, 2.24) is 5.32 Å². The molecule has 4 nitrogen and oxygen atoms in total. The first-order valence-corrected chi connectivity index (χ1v) is 6.14. The summed E-state index contributed by atoms with van der Waals surface area (Å²) in [5, 5.41) is 2.54. The Morgan fingerprint density at radius 2 is 2.11 bits per heavy atom. The number of hydrogen-bond acceptors (Lipinski definition) is 3. The number of unbranched alkanes of at least 4 members (excludes halogenated alkanes) is 1. The van der Waals surface area contributed by atoms with E-state index in [-0.39, 0.29) is 12.5 Å². The van der Waals surface area contributed by atoms with Gasteiger partial charge in [0, 0.05) is 5.56 Å². The summed E-state index contributed by atoms with van der Waals surface area (Å²) in [4.78, 5) is 23.0. The summed E-state index contributed by atoms with van der Waals surface area (Å²) in [5.41, 5.74) is 1.56. The van der Waals surface area contributed by atoms with Crippen molar-refractivity contribution in [3.63, 3.8) is 0 Å². The molecule has 0 spiro atoms. The molecule has 98 valence electrons. The van der Waals surface area contributed by atoms with Gasteiger partial charge >= 0.3 is 5.97 Å². The summed E-state index contributed by atoms with van der Waals surface area (Å²) in [7, 11) is 0. The third-order valence-electron chi connectivity index (χ3n) is 2.43. The minimum Gasteiger partial charge on any atom is -0.464 e. The highest BCUT2D eigenvalue weighted by atomic mass is 16.5. The zero-order valence-electron chi connectivity index (χ0n) is 10.9. The monoisotopic (exact) mass is 249 g/mol. The minimum atomic E-state index is -0.399. The smallest absolute Gasteiger partial charge is 0.325 e. The number of rotatable bonds is 6. The molecule has 1 aromatic carbocycles. The van der Waals surface area contributed by atoms with E-state index in [9.17, 15) is 9.59 Å². The molecule has 18 heavy (non-hydrogen) atoms. The maximum atomic E-state index is 11.7. The minimum absolute atomic E-state index is 0.0868. The standard InChI is InChI=1S/C14H19NO3/c1-3-4-8-18-13(16)10-15-14(17)12-7-5-6-11(2)9-12/h5-7,9H,3-4,8,10H2,1-2H3,(H,15,17). The van der Waals surface area contributed by atoms with Crippen LogP contribution in [-0.4, -0.2) is 25.0 Å². The van der Waals surface area contributed by atoms with Gasteiger partial charge in [-0.25, -0.2) is 0 Å². The van der Waals surface area contributed by atoms with E-state index in [1.165, 1.54) is 0 Å². The van der Waals surface area contributed by atoms with Crippen LogP contribution in [0.25, 0.3) is 0 Å². The van der Waals surface area contributed by atoms with Crippen LogP contribution in [0.4, 0.5) is 0 Å². The maximum Gasteiger partial charge on any atom is 0.325 e. The van der Waals surface area contributed by atoms with E-state index >= 15 is 0 Å². The van der Waals surface area contributed by atoms with Gasteiger partial charge in [0.05, 0.1) is 6.61 Å². The Morgan fingerprint density at radius 1 is 1.33 bits per heavy atom. The van der Waals surface area contributed by atoms with E-state index in [0.717, 1.165) is 18.4 Å². The molecule has 0 fully saturated rings. The third kappa shape index (κ3) is 4.99. The molecule has 0 saturated heterocycles. The van der Waals surface area contributed by atoms with Gasteiger partial charge < -0.3 is 10.1 Å². The summed E-state index contributed by atoms with van der Waals surface area (Å²) in [6, 6.07) is 7.21. The number of hydrogen-bond donors (Lipinski definition) is 1. The molecule has 0 aliphatic carbocycles. The average Bonchev–Trinajstić information content (AvgIpc) is 2.36. The first kappa shape index (κ1) is 14.2. The van der Waals surface area contributed by atoms with Gasteiger partial charge in [-0.15, -0.1) is 0 Å². The van der Waals surface area contributed by atoms with Crippen molar-refractivity contribution < 1.29 is 14.3 Å². The van der Waals surface area contributed by atoms with Crippen LogP contribution in [0, 0.1) is 6.92 Å². The Kier molecular flexibility index (Phi) is 5.91. The van der Waals surface area contributed by atoms with Gasteiger partial charge in [-0.1, -0.05) is 31.0 Å². The third-order valence-corrected chi connectivity index (χ3v) is 2.43. The van der Waals surface area contributed by atoms with E-state index in [4.69, 9.17) is 4.74 Å². The molecule has 1 aromatic rings. The summed E-state index contributed by atoms with van der Waals surface area (Å²) < 4.78 is 4.94. The highest BCUT2D eigenvalue weighted by Crippen LogP contribution is 2.03. The first-order valence-electron chi connectivity index (χ1n) is 6.14. The molecule has 0 radical (unpaired) electrons. The molecule has 0 unspecified atom stereocenters. The highest BCUT2D eigenvalue weighted by Gasteiger charge is 2.08. The molecular weight excluding hydrogens is 230 g/mol. The lowest BCUT2D eigenvalue weighted by molar-refractivity contribution is -0.142.